The van der Waals surface area contributed by atoms with Crippen LogP contribution in [0.4, 0.5) is 11.4 Å². The zero-order valence-corrected chi connectivity index (χ0v) is 18.7. The third-order valence-corrected chi connectivity index (χ3v) is 5.35. The van der Waals surface area contributed by atoms with Crippen molar-refractivity contribution in [2.75, 3.05) is 19.5 Å². The number of aryl methyl sites for hydroxylation is 1. The maximum absolute atomic E-state index is 6.16. The largest absolute Gasteiger partial charge is 0.493 e. The van der Waals surface area contributed by atoms with E-state index in [0.717, 1.165) is 34.4 Å². The molecule has 0 aliphatic heterocycles. The number of aromatic nitrogens is 1. The summed E-state index contributed by atoms with van der Waals surface area (Å²) in [7, 11) is 3.23. The van der Waals surface area contributed by atoms with Gasteiger partial charge in [0.1, 0.15) is 11.5 Å². The van der Waals surface area contributed by atoms with E-state index in [1.54, 1.807) is 20.4 Å². The number of hydrogen-bond donors (Lipinski definition) is 1. The maximum Gasteiger partial charge on any atom is 0.162 e. The molecule has 0 saturated heterocycles. The Hall–Kier alpha value is -3.73. The lowest BCUT2D eigenvalue weighted by Crippen LogP contribution is -1.94. The fraction of sp³-hybridized carbons (Fsp3) is 0.222. The van der Waals surface area contributed by atoms with Crippen molar-refractivity contribution in [1.29, 1.82) is 0 Å². The molecule has 0 aliphatic carbocycles. The van der Waals surface area contributed by atoms with Gasteiger partial charge in [0.25, 0.3) is 0 Å². The van der Waals surface area contributed by atoms with Gasteiger partial charge in [-0.15, -0.1) is 0 Å². The van der Waals surface area contributed by atoms with Gasteiger partial charge in [-0.05, 0) is 66.9 Å². The lowest BCUT2D eigenvalue weighted by molar-refractivity contribution is 0.355. The Balaban J connectivity index is 1.48. The van der Waals surface area contributed by atoms with E-state index in [4.69, 9.17) is 14.2 Å². The van der Waals surface area contributed by atoms with Gasteiger partial charge in [-0.1, -0.05) is 25.5 Å². The van der Waals surface area contributed by atoms with Crippen molar-refractivity contribution in [2.24, 2.45) is 0 Å². The summed E-state index contributed by atoms with van der Waals surface area (Å²) in [5.74, 6) is 2.73. The number of benzene rings is 3. The molecule has 5 heteroatoms. The molecule has 4 rings (SSSR count). The molecule has 0 aliphatic rings. The van der Waals surface area contributed by atoms with Crippen molar-refractivity contribution in [3.63, 3.8) is 0 Å². The van der Waals surface area contributed by atoms with Gasteiger partial charge in [-0.3, -0.25) is 4.98 Å². The average molecular weight is 429 g/mol. The number of nitrogens with zero attached hydrogens (tertiary/aromatic N) is 1. The van der Waals surface area contributed by atoms with Crippen LogP contribution >= 0.6 is 0 Å². The summed E-state index contributed by atoms with van der Waals surface area (Å²) in [5.41, 5.74) is 4.23. The normalized spacial score (nSPS) is 10.7. The summed E-state index contributed by atoms with van der Waals surface area (Å²) < 4.78 is 17.0. The van der Waals surface area contributed by atoms with E-state index >= 15 is 0 Å². The SMILES string of the molecule is CCCCc1ccc(Nc2ccc(Oc3ccnc4cc(OC)c(OC)cc34)cc2)cc1. The first-order valence-corrected chi connectivity index (χ1v) is 10.8. The van der Waals surface area contributed by atoms with Crippen LogP contribution < -0.4 is 19.5 Å². The van der Waals surface area contributed by atoms with Crippen LogP contribution in [-0.4, -0.2) is 19.2 Å². The summed E-state index contributed by atoms with van der Waals surface area (Å²) >= 11 is 0. The van der Waals surface area contributed by atoms with Crippen molar-refractivity contribution in [2.45, 2.75) is 26.2 Å². The van der Waals surface area contributed by atoms with E-state index in [1.165, 1.54) is 18.4 Å². The smallest absolute Gasteiger partial charge is 0.162 e. The second-order valence-corrected chi connectivity index (χ2v) is 7.59. The third-order valence-electron chi connectivity index (χ3n) is 5.35. The van der Waals surface area contributed by atoms with Gasteiger partial charge < -0.3 is 19.5 Å². The molecular weight excluding hydrogens is 400 g/mol. The molecule has 0 saturated carbocycles. The van der Waals surface area contributed by atoms with E-state index in [-0.39, 0.29) is 0 Å². The molecule has 0 amide bonds. The highest BCUT2D eigenvalue weighted by atomic mass is 16.5. The number of methoxy groups -OCH3 is 2. The van der Waals surface area contributed by atoms with Gasteiger partial charge in [-0.25, -0.2) is 0 Å². The van der Waals surface area contributed by atoms with Crippen molar-refractivity contribution < 1.29 is 14.2 Å². The van der Waals surface area contributed by atoms with Crippen molar-refractivity contribution in [1.82, 2.24) is 4.98 Å². The van der Waals surface area contributed by atoms with E-state index < -0.39 is 0 Å². The Labute approximate surface area is 189 Å². The molecule has 164 valence electrons. The molecule has 1 aromatic heterocycles. The zero-order chi connectivity index (χ0) is 22.3. The number of fused-ring (bicyclic) bond motifs is 1. The van der Waals surface area contributed by atoms with E-state index in [9.17, 15) is 0 Å². The van der Waals surface area contributed by atoms with Gasteiger partial charge in [0.15, 0.2) is 11.5 Å². The molecule has 32 heavy (non-hydrogen) atoms. The predicted octanol–water partition coefficient (Wildman–Crippen LogP) is 7.13. The molecule has 5 nitrogen and oxygen atoms in total. The van der Waals surface area contributed by atoms with Crippen LogP contribution in [0.25, 0.3) is 10.9 Å². The maximum atomic E-state index is 6.16. The number of anilines is 2. The van der Waals surface area contributed by atoms with Gasteiger partial charge in [0, 0.05) is 29.0 Å². The minimum Gasteiger partial charge on any atom is -0.493 e. The van der Waals surface area contributed by atoms with Crippen LogP contribution in [0.2, 0.25) is 0 Å². The topological polar surface area (TPSA) is 52.6 Å². The molecule has 0 atom stereocenters. The molecule has 1 N–H and O–H groups in total. The molecule has 0 bridgehead atoms. The number of ether oxygens (including phenoxy) is 3. The van der Waals surface area contributed by atoms with Gasteiger partial charge in [0.05, 0.1) is 19.7 Å². The molecule has 3 aromatic carbocycles. The Morgan fingerprint density at radius 1 is 0.781 bits per heavy atom. The lowest BCUT2D eigenvalue weighted by Gasteiger charge is -2.13. The van der Waals surface area contributed by atoms with Crippen molar-refractivity contribution in [3.05, 3.63) is 78.5 Å². The number of rotatable bonds is 9. The van der Waals surface area contributed by atoms with Crippen LogP contribution in [0.1, 0.15) is 25.3 Å². The minimum atomic E-state index is 0.637. The first-order valence-electron chi connectivity index (χ1n) is 10.8. The van der Waals surface area contributed by atoms with Gasteiger partial charge in [-0.2, -0.15) is 0 Å². The summed E-state index contributed by atoms with van der Waals surface area (Å²) in [4.78, 5) is 4.43. The first-order chi connectivity index (χ1) is 15.7. The highest BCUT2D eigenvalue weighted by Gasteiger charge is 2.11. The molecule has 4 aromatic rings. The Morgan fingerprint density at radius 3 is 2.09 bits per heavy atom. The lowest BCUT2D eigenvalue weighted by atomic mass is 10.1. The molecule has 0 fully saturated rings. The monoisotopic (exact) mass is 428 g/mol. The summed E-state index contributed by atoms with van der Waals surface area (Å²) in [6.07, 6.45) is 5.29. The summed E-state index contributed by atoms with van der Waals surface area (Å²) in [6.45, 7) is 2.22. The predicted molar refractivity (Wildman–Crippen MR) is 130 cm³/mol. The summed E-state index contributed by atoms with van der Waals surface area (Å²) in [5, 5.41) is 4.30. The van der Waals surface area contributed by atoms with Gasteiger partial charge >= 0.3 is 0 Å². The van der Waals surface area contributed by atoms with Crippen LogP contribution in [0.5, 0.6) is 23.0 Å². The standard InChI is InChI=1S/C27H28N2O3/c1-4-5-6-19-7-9-20(10-8-19)29-21-11-13-22(14-12-21)32-25-15-16-28-24-18-27(31-3)26(30-2)17-23(24)25/h7-18,29H,4-6H2,1-3H3. The quantitative estimate of drug-likeness (QED) is 0.307. The second-order valence-electron chi connectivity index (χ2n) is 7.59. The van der Waals surface area contributed by atoms with E-state index in [1.807, 2.05) is 42.5 Å². The number of nitrogens with one attached hydrogen (secondary N) is 1. The Kier molecular flexibility index (Phi) is 6.75. The van der Waals surface area contributed by atoms with Crippen LogP contribution in [0, 0.1) is 0 Å². The van der Waals surface area contributed by atoms with Crippen LogP contribution in [-0.2, 0) is 6.42 Å². The molecule has 0 unspecified atom stereocenters. The molecule has 1 heterocycles. The van der Waals surface area contributed by atoms with Gasteiger partial charge in [0.2, 0.25) is 0 Å². The average Bonchev–Trinajstić information content (AvgIpc) is 2.84. The minimum absolute atomic E-state index is 0.637. The number of hydrogen-bond acceptors (Lipinski definition) is 5. The first kappa shape index (κ1) is 21.5. The molecule has 0 radical (unpaired) electrons. The number of unbranched alkanes of at least 4 members (excludes halogenated alkanes) is 1. The third kappa shape index (κ3) is 4.94. The Morgan fingerprint density at radius 2 is 1.44 bits per heavy atom. The number of pyridine rings is 1. The molecule has 0 spiro atoms. The fourth-order valence-electron chi connectivity index (χ4n) is 3.57. The highest BCUT2D eigenvalue weighted by Crippen LogP contribution is 2.37. The van der Waals surface area contributed by atoms with Crippen LogP contribution in [0.15, 0.2) is 72.9 Å². The van der Waals surface area contributed by atoms with E-state index in [2.05, 4.69) is 41.5 Å². The molecular formula is C27H28N2O3. The van der Waals surface area contributed by atoms with Crippen molar-refractivity contribution in [3.8, 4) is 23.0 Å². The van der Waals surface area contributed by atoms with Crippen LogP contribution in [0.3, 0.4) is 0 Å². The second kappa shape index (κ2) is 10.1. The van der Waals surface area contributed by atoms with Crippen molar-refractivity contribution >= 4 is 22.3 Å². The fourth-order valence-corrected chi connectivity index (χ4v) is 3.57. The highest BCUT2D eigenvalue weighted by molar-refractivity contribution is 5.88. The Bertz CT molecular complexity index is 1170. The zero-order valence-electron chi connectivity index (χ0n) is 18.7. The van der Waals surface area contributed by atoms with E-state index in [0.29, 0.717) is 17.2 Å². The summed E-state index contributed by atoms with van der Waals surface area (Å²) in [6, 6.07) is 22.1.